The molecule has 1 rings (SSSR count). The zero-order valence-corrected chi connectivity index (χ0v) is 7.89. The molecule has 68 valence electrons. The summed E-state index contributed by atoms with van der Waals surface area (Å²) in [5, 5.41) is 3.05. The van der Waals surface area contributed by atoms with Crippen molar-refractivity contribution in [3.8, 4) is 0 Å². The Kier molecular flexibility index (Phi) is 3.88. The summed E-state index contributed by atoms with van der Waals surface area (Å²) < 4.78 is 5.52. The number of rotatable bonds is 4. The van der Waals surface area contributed by atoms with Crippen LogP contribution in [0, 0.1) is 0 Å². The van der Waals surface area contributed by atoms with Crippen LogP contribution in [0.2, 0.25) is 0 Å². The van der Waals surface area contributed by atoms with E-state index >= 15 is 0 Å². The number of hydrogen-bond donors (Lipinski definition) is 1. The number of allylic oxidation sites excluding steroid dienone is 3. The van der Waals surface area contributed by atoms with Gasteiger partial charge in [-0.1, -0.05) is 5.57 Å². The first-order valence-electron chi connectivity index (χ1n) is 4.47. The Hall–Kier alpha value is -0.760. The molecule has 0 fully saturated rings. The van der Waals surface area contributed by atoms with Gasteiger partial charge in [0.25, 0.3) is 0 Å². The van der Waals surface area contributed by atoms with Crippen molar-refractivity contribution in [1.82, 2.24) is 5.32 Å². The first-order chi connectivity index (χ1) is 5.83. The van der Waals surface area contributed by atoms with Gasteiger partial charge in [0, 0.05) is 6.54 Å². The van der Waals surface area contributed by atoms with E-state index < -0.39 is 0 Å². The molecule has 1 aliphatic carbocycles. The Labute approximate surface area is 74.3 Å². The van der Waals surface area contributed by atoms with Gasteiger partial charge < -0.3 is 10.1 Å². The second kappa shape index (κ2) is 4.99. The van der Waals surface area contributed by atoms with Gasteiger partial charge in [-0.2, -0.15) is 0 Å². The summed E-state index contributed by atoms with van der Waals surface area (Å²) in [5.74, 6) is 1.04. The summed E-state index contributed by atoms with van der Waals surface area (Å²) in [7, 11) is 1.93. The highest BCUT2D eigenvalue weighted by Gasteiger charge is 2.01. The molecule has 0 heterocycles. The van der Waals surface area contributed by atoms with Crippen LogP contribution in [-0.4, -0.2) is 20.2 Å². The van der Waals surface area contributed by atoms with Crippen LogP contribution in [0.5, 0.6) is 0 Å². The van der Waals surface area contributed by atoms with Crippen molar-refractivity contribution in [2.75, 3.05) is 20.2 Å². The van der Waals surface area contributed by atoms with E-state index in [1.165, 1.54) is 12.0 Å². The predicted molar refractivity (Wildman–Crippen MR) is 51.0 cm³/mol. The second-order valence-corrected chi connectivity index (χ2v) is 3.09. The first kappa shape index (κ1) is 9.33. The normalized spacial score (nSPS) is 16.8. The lowest BCUT2D eigenvalue weighted by atomic mass is 10.1. The highest BCUT2D eigenvalue weighted by atomic mass is 16.5. The van der Waals surface area contributed by atoms with Gasteiger partial charge in [0.2, 0.25) is 0 Å². The van der Waals surface area contributed by atoms with E-state index in [9.17, 15) is 0 Å². The van der Waals surface area contributed by atoms with Gasteiger partial charge in [-0.3, -0.25) is 0 Å². The Morgan fingerprint density at radius 1 is 1.58 bits per heavy atom. The molecular weight excluding hydrogens is 150 g/mol. The molecule has 0 bridgehead atoms. The number of hydrogen-bond acceptors (Lipinski definition) is 2. The van der Waals surface area contributed by atoms with Crippen LogP contribution in [0.3, 0.4) is 0 Å². The van der Waals surface area contributed by atoms with Gasteiger partial charge in [-0.15, -0.1) is 0 Å². The third-order valence-corrected chi connectivity index (χ3v) is 1.89. The summed E-state index contributed by atoms with van der Waals surface area (Å²) in [6, 6.07) is 0. The van der Waals surface area contributed by atoms with Gasteiger partial charge in [0.1, 0.15) is 12.4 Å². The molecule has 0 saturated carbocycles. The van der Waals surface area contributed by atoms with Crippen molar-refractivity contribution in [2.24, 2.45) is 0 Å². The van der Waals surface area contributed by atoms with Crippen LogP contribution in [0.15, 0.2) is 23.5 Å². The Bertz CT molecular complexity index is 194. The fraction of sp³-hybridized carbons (Fsp3) is 0.600. The van der Waals surface area contributed by atoms with E-state index in [-0.39, 0.29) is 0 Å². The maximum absolute atomic E-state index is 5.52. The monoisotopic (exact) mass is 167 g/mol. The second-order valence-electron chi connectivity index (χ2n) is 3.09. The van der Waals surface area contributed by atoms with Crippen molar-refractivity contribution in [2.45, 2.75) is 19.8 Å². The van der Waals surface area contributed by atoms with E-state index in [1.54, 1.807) is 0 Å². The van der Waals surface area contributed by atoms with Crippen molar-refractivity contribution in [3.05, 3.63) is 23.5 Å². The van der Waals surface area contributed by atoms with E-state index in [1.807, 2.05) is 7.05 Å². The minimum Gasteiger partial charge on any atom is -0.493 e. The standard InChI is InChI=1S/C10H17NO/c1-9-4-3-5-10(8-9)12-7-6-11-2/h5,8,11H,3-4,6-7H2,1-2H3. The van der Waals surface area contributed by atoms with Gasteiger partial charge in [0.15, 0.2) is 0 Å². The SMILES string of the molecule is CNCCOC1=CCCC(C)=C1. The molecule has 1 N–H and O–H groups in total. The number of ether oxygens (including phenoxy) is 1. The van der Waals surface area contributed by atoms with Crippen LogP contribution >= 0.6 is 0 Å². The van der Waals surface area contributed by atoms with E-state index in [2.05, 4.69) is 24.4 Å². The molecule has 0 spiro atoms. The number of likely N-dealkylation sites (N-methyl/N-ethyl adjacent to an activating group) is 1. The fourth-order valence-corrected chi connectivity index (χ4v) is 1.19. The van der Waals surface area contributed by atoms with Crippen LogP contribution in [0.25, 0.3) is 0 Å². The molecular formula is C10H17NO. The highest BCUT2D eigenvalue weighted by molar-refractivity contribution is 5.21. The Morgan fingerprint density at radius 2 is 2.42 bits per heavy atom. The lowest BCUT2D eigenvalue weighted by molar-refractivity contribution is 0.224. The van der Waals surface area contributed by atoms with E-state index in [0.29, 0.717) is 0 Å². The lowest BCUT2D eigenvalue weighted by Crippen LogP contribution is -2.14. The van der Waals surface area contributed by atoms with Crippen molar-refractivity contribution in [1.29, 1.82) is 0 Å². The minimum atomic E-state index is 0.756. The Morgan fingerprint density at radius 3 is 3.08 bits per heavy atom. The zero-order chi connectivity index (χ0) is 8.81. The molecule has 1 aliphatic rings. The quantitative estimate of drug-likeness (QED) is 0.645. The van der Waals surface area contributed by atoms with Crippen LogP contribution < -0.4 is 5.32 Å². The molecule has 0 amide bonds. The van der Waals surface area contributed by atoms with Crippen molar-refractivity contribution in [3.63, 3.8) is 0 Å². The summed E-state index contributed by atoms with van der Waals surface area (Å²) in [6.07, 6.45) is 6.58. The average molecular weight is 167 g/mol. The summed E-state index contributed by atoms with van der Waals surface area (Å²) in [6.45, 7) is 3.81. The molecule has 0 aromatic rings. The molecule has 0 aromatic heterocycles. The summed E-state index contributed by atoms with van der Waals surface area (Å²) in [4.78, 5) is 0. The van der Waals surface area contributed by atoms with Gasteiger partial charge >= 0.3 is 0 Å². The molecule has 0 unspecified atom stereocenters. The number of nitrogens with one attached hydrogen (secondary N) is 1. The maximum atomic E-state index is 5.52. The minimum absolute atomic E-state index is 0.756. The smallest absolute Gasteiger partial charge is 0.115 e. The van der Waals surface area contributed by atoms with Crippen LogP contribution in [0.4, 0.5) is 0 Å². The van der Waals surface area contributed by atoms with E-state index in [4.69, 9.17) is 4.74 Å². The molecule has 0 saturated heterocycles. The first-order valence-corrected chi connectivity index (χ1v) is 4.47. The zero-order valence-electron chi connectivity index (χ0n) is 7.89. The van der Waals surface area contributed by atoms with Gasteiger partial charge in [-0.05, 0) is 39.0 Å². The third-order valence-electron chi connectivity index (χ3n) is 1.89. The van der Waals surface area contributed by atoms with Crippen molar-refractivity contribution < 1.29 is 4.74 Å². The molecule has 2 heteroatoms. The van der Waals surface area contributed by atoms with Crippen LogP contribution in [0.1, 0.15) is 19.8 Å². The van der Waals surface area contributed by atoms with Gasteiger partial charge in [-0.25, -0.2) is 0 Å². The molecule has 0 aliphatic heterocycles. The molecule has 0 atom stereocenters. The maximum Gasteiger partial charge on any atom is 0.115 e. The predicted octanol–water partition coefficient (Wildman–Crippen LogP) is 1.85. The van der Waals surface area contributed by atoms with Crippen molar-refractivity contribution >= 4 is 0 Å². The topological polar surface area (TPSA) is 21.3 Å². The molecule has 12 heavy (non-hydrogen) atoms. The fourth-order valence-electron chi connectivity index (χ4n) is 1.19. The summed E-state index contributed by atoms with van der Waals surface area (Å²) in [5.41, 5.74) is 1.41. The van der Waals surface area contributed by atoms with Gasteiger partial charge in [0.05, 0.1) is 0 Å². The van der Waals surface area contributed by atoms with E-state index in [0.717, 1.165) is 25.3 Å². The molecule has 2 nitrogen and oxygen atoms in total. The summed E-state index contributed by atoms with van der Waals surface area (Å²) >= 11 is 0. The third kappa shape index (κ3) is 3.09. The van der Waals surface area contributed by atoms with Crippen LogP contribution in [-0.2, 0) is 4.74 Å². The average Bonchev–Trinajstić information content (AvgIpc) is 2.05. The molecule has 0 radical (unpaired) electrons. The molecule has 0 aromatic carbocycles. The highest BCUT2D eigenvalue weighted by Crippen LogP contribution is 2.16. The largest absolute Gasteiger partial charge is 0.493 e. The lowest BCUT2D eigenvalue weighted by Gasteiger charge is -2.11. The Balaban J connectivity index is 2.27.